The molecule has 1 aliphatic rings. The minimum Gasteiger partial charge on any atom is -0.381 e. The summed E-state index contributed by atoms with van der Waals surface area (Å²) in [6.07, 6.45) is 5.43. The van der Waals surface area contributed by atoms with Crippen molar-refractivity contribution in [3.05, 3.63) is 10.8 Å². The van der Waals surface area contributed by atoms with Crippen LogP contribution in [0.25, 0.3) is 4.96 Å². The summed E-state index contributed by atoms with van der Waals surface area (Å²) in [7, 11) is 0. The van der Waals surface area contributed by atoms with Crippen molar-refractivity contribution in [2.75, 3.05) is 19.8 Å². The summed E-state index contributed by atoms with van der Waals surface area (Å²) in [5.74, 6) is 1.30. The molecular formula is C12H19N5OS. The Labute approximate surface area is 116 Å². The van der Waals surface area contributed by atoms with Gasteiger partial charge in [0.15, 0.2) is 5.82 Å². The molecule has 0 aliphatic carbocycles. The third-order valence-corrected chi connectivity index (χ3v) is 4.40. The lowest BCUT2D eigenvalue weighted by atomic mass is 10.1. The van der Waals surface area contributed by atoms with Gasteiger partial charge in [-0.05, 0) is 25.8 Å². The minimum atomic E-state index is 0.349. The molecule has 2 N–H and O–H groups in total. The number of hydrogen-bond acceptors (Lipinski definition) is 6. The van der Waals surface area contributed by atoms with Crippen LogP contribution in [-0.4, -0.2) is 39.6 Å². The van der Waals surface area contributed by atoms with Gasteiger partial charge in [0, 0.05) is 18.9 Å². The fourth-order valence-corrected chi connectivity index (χ4v) is 3.24. The van der Waals surface area contributed by atoms with Crippen LogP contribution in [0.1, 0.15) is 42.4 Å². The number of nitrogens with zero attached hydrogens (tertiary/aromatic N) is 4. The Morgan fingerprint density at radius 3 is 3.05 bits per heavy atom. The van der Waals surface area contributed by atoms with Crippen molar-refractivity contribution in [3.63, 3.8) is 0 Å². The molecule has 0 spiro atoms. The molecule has 0 radical (unpaired) electrons. The molecule has 0 bridgehead atoms. The third kappa shape index (κ3) is 2.77. The summed E-state index contributed by atoms with van der Waals surface area (Å²) in [6.45, 7) is 2.33. The number of aromatic nitrogens is 4. The van der Waals surface area contributed by atoms with E-state index in [-0.39, 0.29) is 0 Å². The fourth-order valence-electron chi connectivity index (χ4n) is 2.36. The molecule has 2 aromatic rings. The molecule has 0 aromatic carbocycles. The van der Waals surface area contributed by atoms with E-state index in [9.17, 15) is 0 Å². The van der Waals surface area contributed by atoms with Crippen molar-refractivity contribution < 1.29 is 4.74 Å². The van der Waals surface area contributed by atoms with E-state index >= 15 is 0 Å². The Hall–Kier alpha value is -1.05. The lowest BCUT2D eigenvalue weighted by molar-refractivity contribution is 0.193. The summed E-state index contributed by atoms with van der Waals surface area (Å²) in [4.78, 5) is 0.899. The van der Waals surface area contributed by atoms with Crippen LogP contribution in [0, 0.1) is 0 Å². The maximum atomic E-state index is 5.50. The standard InChI is InChI=1S/C12H19N5OS/c13-6-3-1-2-4-10-16-17-11(9-5-7-18-8-9)14-15-12(17)19-10/h9H,1-8,13H2. The summed E-state index contributed by atoms with van der Waals surface area (Å²) >= 11 is 1.64. The molecule has 3 rings (SSSR count). The average molecular weight is 281 g/mol. The van der Waals surface area contributed by atoms with Gasteiger partial charge in [-0.2, -0.15) is 9.61 Å². The first kappa shape index (κ1) is 13.0. The van der Waals surface area contributed by atoms with Crippen LogP contribution in [-0.2, 0) is 11.2 Å². The second-order valence-corrected chi connectivity index (χ2v) is 5.95. The predicted octanol–water partition coefficient (Wildman–Crippen LogP) is 1.36. The van der Waals surface area contributed by atoms with Crippen LogP contribution in [0.5, 0.6) is 0 Å². The zero-order valence-corrected chi connectivity index (χ0v) is 11.7. The highest BCUT2D eigenvalue weighted by atomic mass is 32.1. The van der Waals surface area contributed by atoms with E-state index in [1.54, 1.807) is 11.3 Å². The lowest BCUT2D eigenvalue weighted by Crippen LogP contribution is -2.05. The number of unbranched alkanes of at least 4 members (excludes halogenated alkanes) is 2. The number of fused-ring (bicyclic) bond motifs is 1. The maximum Gasteiger partial charge on any atom is 0.234 e. The quantitative estimate of drug-likeness (QED) is 0.809. The molecule has 19 heavy (non-hydrogen) atoms. The Morgan fingerprint density at radius 1 is 1.32 bits per heavy atom. The third-order valence-electron chi connectivity index (χ3n) is 3.45. The Bertz CT molecular complexity index is 531. The van der Waals surface area contributed by atoms with Gasteiger partial charge in [0.2, 0.25) is 4.96 Å². The number of rotatable bonds is 6. The first-order chi connectivity index (χ1) is 9.38. The molecule has 1 unspecified atom stereocenters. The number of nitrogens with two attached hydrogens (primary N) is 1. The molecule has 104 valence electrons. The highest BCUT2D eigenvalue weighted by Crippen LogP contribution is 2.25. The normalized spacial score (nSPS) is 19.5. The molecular weight excluding hydrogens is 262 g/mol. The number of ether oxygens (including phenoxy) is 1. The summed E-state index contributed by atoms with van der Waals surface area (Å²) in [5, 5.41) is 14.3. The second-order valence-electron chi connectivity index (χ2n) is 4.91. The Morgan fingerprint density at radius 2 is 2.26 bits per heavy atom. The zero-order chi connectivity index (χ0) is 13.1. The van der Waals surface area contributed by atoms with Gasteiger partial charge in [-0.3, -0.25) is 0 Å². The highest BCUT2D eigenvalue weighted by Gasteiger charge is 2.24. The maximum absolute atomic E-state index is 5.50. The SMILES string of the molecule is NCCCCCc1nn2c(C3CCOC3)nnc2s1. The van der Waals surface area contributed by atoms with Gasteiger partial charge in [-0.15, -0.1) is 10.2 Å². The van der Waals surface area contributed by atoms with Crippen molar-refractivity contribution in [1.29, 1.82) is 0 Å². The molecule has 7 heteroatoms. The average Bonchev–Trinajstić information content (AvgIpc) is 3.09. The topological polar surface area (TPSA) is 78.3 Å². The van der Waals surface area contributed by atoms with Gasteiger partial charge in [-0.25, -0.2) is 0 Å². The Balaban J connectivity index is 1.70. The van der Waals surface area contributed by atoms with Crippen molar-refractivity contribution in [2.24, 2.45) is 5.73 Å². The van der Waals surface area contributed by atoms with Gasteiger partial charge < -0.3 is 10.5 Å². The summed E-state index contributed by atoms with van der Waals surface area (Å²) in [5.41, 5.74) is 5.50. The van der Waals surface area contributed by atoms with Crippen LogP contribution >= 0.6 is 11.3 Å². The van der Waals surface area contributed by atoms with Gasteiger partial charge in [0.1, 0.15) is 5.01 Å². The molecule has 0 saturated carbocycles. The molecule has 1 fully saturated rings. The van der Waals surface area contributed by atoms with E-state index in [2.05, 4.69) is 15.3 Å². The van der Waals surface area contributed by atoms with Gasteiger partial charge >= 0.3 is 0 Å². The van der Waals surface area contributed by atoms with Gasteiger partial charge in [0.25, 0.3) is 0 Å². The van der Waals surface area contributed by atoms with E-state index in [1.165, 1.54) is 6.42 Å². The van der Waals surface area contributed by atoms with E-state index in [1.807, 2.05) is 4.52 Å². The first-order valence-corrected chi connectivity index (χ1v) is 7.69. The molecule has 0 amide bonds. The lowest BCUT2D eigenvalue weighted by Gasteiger charge is -2.01. The highest BCUT2D eigenvalue weighted by molar-refractivity contribution is 7.16. The van der Waals surface area contributed by atoms with Gasteiger partial charge in [-0.1, -0.05) is 17.8 Å². The molecule has 1 saturated heterocycles. The van der Waals surface area contributed by atoms with E-state index in [0.717, 1.165) is 61.2 Å². The Kier molecular flexibility index (Phi) is 4.05. The van der Waals surface area contributed by atoms with Crippen LogP contribution in [0.3, 0.4) is 0 Å². The van der Waals surface area contributed by atoms with Crippen LogP contribution < -0.4 is 5.73 Å². The van der Waals surface area contributed by atoms with Crippen molar-refractivity contribution in [2.45, 2.75) is 38.0 Å². The smallest absolute Gasteiger partial charge is 0.234 e. The second kappa shape index (κ2) is 5.94. The van der Waals surface area contributed by atoms with Crippen LogP contribution in [0.15, 0.2) is 0 Å². The fraction of sp³-hybridized carbons (Fsp3) is 0.750. The molecule has 1 aliphatic heterocycles. The van der Waals surface area contributed by atoms with Crippen molar-refractivity contribution >= 4 is 16.3 Å². The van der Waals surface area contributed by atoms with E-state index in [4.69, 9.17) is 10.5 Å². The molecule has 1 atom stereocenters. The largest absolute Gasteiger partial charge is 0.381 e. The zero-order valence-electron chi connectivity index (χ0n) is 10.9. The van der Waals surface area contributed by atoms with Crippen LogP contribution in [0.2, 0.25) is 0 Å². The first-order valence-electron chi connectivity index (χ1n) is 6.87. The van der Waals surface area contributed by atoms with Gasteiger partial charge in [0.05, 0.1) is 6.61 Å². The monoisotopic (exact) mass is 281 g/mol. The summed E-state index contributed by atoms with van der Waals surface area (Å²) in [6, 6.07) is 0. The van der Waals surface area contributed by atoms with Crippen molar-refractivity contribution in [3.8, 4) is 0 Å². The molecule has 6 nitrogen and oxygen atoms in total. The van der Waals surface area contributed by atoms with E-state index < -0.39 is 0 Å². The summed E-state index contributed by atoms with van der Waals surface area (Å²) < 4.78 is 7.32. The molecule has 2 aromatic heterocycles. The van der Waals surface area contributed by atoms with E-state index in [0.29, 0.717) is 5.92 Å². The predicted molar refractivity (Wildman–Crippen MR) is 73.4 cm³/mol. The number of aryl methyl sites for hydroxylation is 1. The van der Waals surface area contributed by atoms with Crippen LogP contribution in [0.4, 0.5) is 0 Å². The van der Waals surface area contributed by atoms with Crippen molar-refractivity contribution in [1.82, 2.24) is 19.8 Å². The molecule has 3 heterocycles. The number of hydrogen-bond donors (Lipinski definition) is 1. The minimum absolute atomic E-state index is 0.349.